The van der Waals surface area contributed by atoms with Gasteiger partial charge in [-0.3, -0.25) is 4.79 Å². The lowest BCUT2D eigenvalue weighted by Crippen LogP contribution is -2.43. The molecular weight excluding hydrogens is 259 g/mol. The van der Waals surface area contributed by atoms with Crippen molar-refractivity contribution in [1.82, 2.24) is 5.32 Å². The Kier molecular flexibility index (Phi) is 3.68. The molecule has 1 unspecified atom stereocenters. The summed E-state index contributed by atoms with van der Waals surface area (Å²) in [5.74, 6) is -1.18. The van der Waals surface area contributed by atoms with Crippen molar-refractivity contribution in [2.75, 3.05) is 6.61 Å². The van der Waals surface area contributed by atoms with Gasteiger partial charge in [0.15, 0.2) is 0 Å². The summed E-state index contributed by atoms with van der Waals surface area (Å²) in [7, 11) is 0. The van der Waals surface area contributed by atoms with E-state index in [2.05, 4.69) is 0 Å². The highest BCUT2D eigenvalue weighted by Crippen LogP contribution is 2.27. The van der Waals surface area contributed by atoms with Gasteiger partial charge in [0.05, 0.1) is 6.61 Å². The van der Waals surface area contributed by atoms with E-state index in [9.17, 15) is 18.0 Å². The van der Waals surface area contributed by atoms with Crippen LogP contribution in [0.2, 0.25) is 0 Å². The first-order valence-corrected chi connectivity index (χ1v) is 6.02. The normalized spacial score (nSPS) is 18.0. The number of carbonyl (C=O) groups excluding carboxylic acids is 1. The van der Waals surface area contributed by atoms with Gasteiger partial charge < -0.3 is 10.1 Å². The predicted octanol–water partition coefficient (Wildman–Crippen LogP) is 2.23. The van der Waals surface area contributed by atoms with Crippen LogP contribution in [-0.2, 0) is 17.6 Å². The van der Waals surface area contributed by atoms with Crippen molar-refractivity contribution in [2.45, 2.75) is 32.0 Å². The molecule has 1 atom stereocenters. The number of nitrogens with one attached hydrogen (secondary N) is 1. The first-order chi connectivity index (χ1) is 8.90. The fraction of sp³-hybridized carbons (Fsp3) is 0.462. The zero-order valence-corrected chi connectivity index (χ0v) is 10.4. The van der Waals surface area contributed by atoms with E-state index in [1.807, 2.05) is 24.4 Å². The summed E-state index contributed by atoms with van der Waals surface area (Å²) >= 11 is 0. The molecule has 1 aromatic rings. The number of halogens is 3. The third-order valence-corrected chi connectivity index (χ3v) is 3.01. The van der Waals surface area contributed by atoms with Crippen LogP contribution in [0.4, 0.5) is 13.2 Å². The van der Waals surface area contributed by atoms with Crippen molar-refractivity contribution in [3.8, 4) is 5.75 Å². The second kappa shape index (κ2) is 5.11. The van der Waals surface area contributed by atoms with Crippen LogP contribution in [-0.4, -0.2) is 24.7 Å². The van der Waals surface area contributed by atoms with Gasteiger partial charge in [0.25, 0.3) is 0 Å². The molecule has 104 valence electrons. The number of rotatable bonds is 3. The van der Waals surface area contributed by atoms with E-state index in [1.54, 1.807) is 6.07 Å². The Bertz CT molecular complexity index is 485. The summed E-state index contributed by atoms with van der Waals surface area (Å²) in [4.78, 5) is 10.9. The molecule has 0 fully saturated rings. The van der Waals surface area contributed by atoms with Crippen LogP contribution in [0.3, 0.4) is 0 Å². The number of ether oxygens (including phenoxy) is 1. The number of hydrogen-bond acceptors (Lipinski definition) is 2. The summed E-state index contributed by atoms with van der Waals surface area (Å²) in [6.07, 6.45) is -4.01. The molecule has 6 heteroatoms. The lowest BCUT2D eigenvalue weighted by Gasteiger charge is -2.13. The number of hydrogen-bond donors (Lipinski definition) is 1. The molecule has 1 amide bonds. The Morgan fingerprint density at radius 1 is 1.37 bits per heavy atom. The largest absolute Gasteiger partial charge is 0.494 e. The highest BCUT2D eigenvalue weighted by Gasteiger charge is 2.40. The molecule has 1 aliphatic rings. The van der Waals surface area contributed by atoms with Crippen molar-refractivity contribution in [3.63, 3.8) is 0 Å². The molecule has 0 spiro atoms. The molecule has 0 saturated heterocycles. The molecule has 1 N–H and O–H groups in total. The Morgan fingerprint density at radius 3 is 2.68 bits per heavy atom. The molecule has 1 aliphatic carbocycles. The van der Waals surface area contributed by atoms with Crippen molar-refractivity contribution in [1.29, 1.82) is 0 Å². The summed E-state index contributed by atoms with van der Waals surface area (Å²) in [6, 6.07) is 4.94. The van der Waals surface area contributed by atoms with E-state index < -0.39 is 18.1 Å². The molecule has 0 heterocycles. The van der Waals surface area contributed by atoms with Gasteiger partial charge in [-0.15, -0.1) is 0 Å². The Balaban J connectivity index is 2.02. The van der Waals surface area contributed by atoms with Gasteiger partial charge in [0, 0.05) is 6.04 Å². The SMILES string of the molecule is CCOc1ccc2c(c1)CC(NC(=O)C(F)(F)F)C2. The summed E-state index contributed by atoms with van der Waals surface area (Å²) in [5.41, 5.74) is 1.88. The first-order valence-electron chi connectivity index (χ1n) is 6.02. The predicted molar refractivity (Wildman–Crippen MR) is 63.0 cm³/mol. The minimum atomic E-state index is -4.83. The number of alkyl halides is 3. The molecule has 0 saturated carbocycles. The van der Waals surface area contributed by atoms with Crippen molar-refractivity contribution in [3.05, 3.63) is 29.3 Å². The topological polar surface area (TPSA) is 38.3 Å². The van der Waals surface area contributed by atoms with Crippen LogP contribution in [0.1, 0.15) is 18.1 Å². The van der Waals surface area contributed by atoms with Gasteiger partial charge in [-0.2, -0.15) is 13.2 Å². The fourth-order valence-electron chi connectivity index (χ4n) is 2.22. The molecule has 0 bridgehead atoms. The molecule has 0 radical (unpaired) electrons. The maximum Gasteiger partial charge on any atom is 0.471 e. The average molecular weight is 273 g/mol. The van der Waals surface area contributed by atoms with E-state index in [0.717, 1.165) is 11.1 Å². The van der Waals surface area contributed by atoms with Crippen molar-refractivity contribution < 1.29 is 22.7 Å². The number of benzene rings is 1. The van der Waals surface area contributed by atoms with Crippen molar-refractivity contribution >= 4 is 5.91 Å². The maximum atomic E-state index is 12.2. The van der Waals surface area contributed by atoms with E-state index >= 15 is 0 Å². The quantitative estimate of drug-likeness (QED) is 0.917. The zero-order chi connectivity index (χ0) is 14.0. The van der Waals surface area contributed by atoms with Gasteiger partial charge in [0.1, 0.15) is 5.75 Å². The van der Waals surface area contributed by atoms with Crippen molar-refractivity contribution in [2.24, 2.45) is 0 Å². The Hall–Kier alpha value is -1.72. The Morgan fingerprint density at radius 2 is 2.05 bits per heavy atom. The summed E-state index contributed by atoms with van der Waals surface area (Å²) in [5, 5.41) is 2.01. The van der Waals surface area contributed by atoms with E-state index in [1.165, 1.54) is 0 Å². The third kappa shape index (κ3) is 3.19. The average Bonchev–Trinajstić information content (AvgIpc) is 2.69. The fourth-order valence-corrected chi connectivity index (χ4v) is 2.22. The van der Waals surface area contributed by atoms with Crippen LogP contribution in [0.5, 0.6) is 5.75 Å². The van der Waals surface area contributed by atoms with Gasteiger partial charge in [-0.1, -0.05) is 6.07 Å². The van der Waals surface area contributed by atoms with Crippen LogP contribution in [0.25, 0.3) is 0 Å². The van der Waals surface area contributed by atoms with Crippen LogP contribution >= 0.6 is 0 Å². The molecular formula is C13H14F3NO2. The van der Waals surface area contributed by atoms with Gasteiger partial charge in [0.2, 0.25) is 0 Å². The highest BCUT2D eigenvalue weighted by molar-refractivity contribution is 5.82. The number of fused-ring (bicyclic) bond motifs is 1. The van der Waals surface area contributed by atoms with E-state index in [4.69, 9.17) is 4.74 Å². The standard InChI is InChI=1S/C13H14F3NO2/c1-2-19-11-4-3-8-5-10(6-9(8)7-11)17-12(18)13(14,15)16/h3-4,7,10H,2,5-6H2,1H3,(H,17,18). The van der Waals surface area contributed by atoms with Gasteiger partial charge in [-0.25, -0.2) is 0 Å². The molecule has 0 aliphatic heterocycles. The first kappa shape index (κ1) is 13.7. The smallest absolute Gasteiger partial charge is 0.471 e. The van der Waals surface area contributed by atoms with E-state index in [0.29, 0.717) is 25.2 Å². The Labute approximate surface area is 108 Å². The lowest BCUT2D eigenvalue weighted by atomic mass is 10.1. The monoisotopic (exact) mass is 273 g/mol. The zero-order valence-electron chi connectivity index (χ0n) is 10.4. The summed E-state index contributed by atoms with van der Waals surface area (Å²) < 4.78 is 41.8. The lowest BCUT2D eigenvalue weighted by molar-refractivity contribution is -0.174. The van der Waals surface area contributed by atoms with Crippen LogP contribution in [0, 0.1) is 0 Å². The highest BCUT2D eigenvalue weighted by atomic mass is 19.4. The second-order valence-electron chi connectivity index (χ2n) is 4.44. The molecule has 3 nitrogen and oxygen atoms in total. The second-order valence-corrected chi connectivity index (χ2v) is 4.44. The molecule has 0 aromatic heterocycles. The molecule has 1 aromatic carbocycles. The van der Waals surface area contributed by atoms with Crippen LogP contribution in [0.15, 0.2) is 18.2 Å². The maximum absolute atomic E-state index is 12.2. The van der Waals surface area contributed by atoms with Gasteiger partial charge in [-0.05, 0) is 43.0 Å². The minimum absolute atomic E-state index is 0.401. The van der Waals surface area contributed by atoms with Crippen LogP contribution < -0.4 is 10.1 Å². The number of carbonyl (C=O) groups is 1. The minimum Gasteiger partial charge on any atom is -0.494 e. The molecule has 19 heavy (non-hydrogen) atoms. The van der Waals surface area contributed by atoms with E-state index in [-0.39, 0.29) is 0 Å². The van der Waals surface area contributed by atoms with Gasteiger partial charge >= 0.3 is 12.1 Å². The molecule has 2 rings (SSSR count). The third-order valence-electron chi connectivity index (χ3n) is 3.01. The number of amides is 1. The summed E-state index contributed by atoms with van der Waals surface area (Å²) in [6.45, 7) is 2.40.